The van der Waals surface area contributed by atoms with Gasteiger partial charge in [0.15, 0.2) is 6.61 Å². The molecule has 1 heterocycles. The predicted molar refractivity (Wildman–Crippen MR) is 98.0 cm³/mol. The molecule has 28 heavy (non-hydrogen) atoms. The maximum atomic E-state index is 12.1. The Bertz CT molecular complexity index is 818. The van der Waals surface area contributed by atoms with Crippen LogP contribution in [0, 0.1) is 11.3 Å². The standard InChI is InChI=1S/C20H21N3O5/c21-13-20(10-2-1-3-11-20)22-16(24)12-28-19(27)14-4-6-15(7-5-14)23-17(25)8-9-18(23)26/h4-7H,1-3,8-12H2,(H,22,24). The lowest BCUT2D eigenvalue weighted by Gasteiger charge is -2.31. The van der Waals surface area contributed by atoms with E-state index in [1.165, 1.54) is 24.3 Å². The Balaban J connectivity index is 1.55. The Hall–Kier alpha value is -3.21. The first-order valence-corrected chi connectivity index (χ1v) is 9.29. The number of hydrogen-bond donors (Lipinski definition) is 1. The van der Waals surface area contributed by atoms with E-state index < -0.39 is 24.0 Å². The van der Waals surface area contributed by atoms with Crippen LogP contribution >= 0.6 is 0 Å². The van der Waals surface area contributed by atoms with Crippen molar-refractivity contribution in [1.82, 2.24) is 5.32 Å². The fourth-order valence-electron chi connectivity index (χ4n) is 3.55. The Morgan fingerprint density at radius 3 is 2.25 bits per heavy atom. The number of esters is 1. The van der Waals surface area contributed by atoms with Crippen molar-refractivity contribution in [2.24, 2.45) is 0 Å². The van der Waals surface area contributed by atoms with Crippen LogP contribution in [0.25, 0.3) is 0 Å². The number of benzene rings is 1. The number of carbonyl (C=O) groups is 4. The van der Waals surface area contributed by atoms with Crippen LogP contribution in [0.5, 0.6) is 0 Å². The molecule has 0 atom stereocenters. The highest BCUT2D eigenvalue weighted by atomic mass is 16.5. The van der Waals surface area contributed by atoms with Gasteiger partial charge in [-0.1, -0.05) is 19.3 Å². The first kappa shape index (κ1) is 19.5. The van der Waals surface area contributed by atoms with E-state index in [1.54, 1.807) is 0 Å². The SMILES string of the molecule is N#CC1(NC(=O)COC(=O)c2ccc(N3C(=O)CCC3=O)cc2)CCCCC1. The van der Waals surface area contributed by atoms with Crippen LogP contribution in [0.4, 0.5) is 5.69 Å². The molecule has 1 aromatic rings. The Labute approximate surface area is 162 Å². The van der Waals surface area contributed by atoms with Crippen LogP contribution in [0.15, 0.2) is 24.3 Å². The molecule has 8 heteroatoms. The maximum absolute atomic E-state index is 12.1. The van der Waals surface area contributed by atoms with Gasteiger partial charge in [-0.3, -0.25) is 19.3 Å². The summed E-state index contributed by atoms with van der Waals surface area (Å²) in [5.41, 5.74) is -0.281. The van der Waals surface area contributed by atoms with Gasteiger partial charge in [0.05, 0.1) is 17.3 Å². The topological polar surface area (TPSA) is 117 Å². The molecular weight excluding hydrogens is 362 g/mol. The molecule has 0 bridgehead atoms. The molecule has 0 unspecified atom stereocenters. The third-order valence-electron chi connectivity index (χ3n) is 5.05. The summed E-state index contributed by atoms with van der Waals surface area (Å²) in [6.45, 7) is -0.479. The molecule has 2 fully saturated rings. The lowest BCUT2D eigenvalue weighted by atomic mass is 9.83. The van der Waals surface area contributed by atoms with E-state index in [0.29, 0.717) is 18.5 Å². The molecular formula is C20H21N3O5. The number of anilines is 1. The summed E-state index contributed by atoms with van der Waals surface area (Å²) < 4.78 is 5.02. The highest BCUT2D eigenvalue weighted by molar-refractivity contribution is 6.19. The van der Waals surface area contributed by atoms with Gasteiger partial charge >= 0.3 is 5.97 Å². The molecule has 1 aliphatic carbocycles. The quantitative estimate of drug-likeness (QED) is 0.612. The minimum atomic E-state index is -0.877. The zero-order valence-electron chi connectivity index (χ0n) is 15.4. The van der Waals surface area contributed by atoms with E-state index in [0.717, 1.165) is 24.2 Å². The zero-order valence-corrected chi connectivity index (χ0v) is 15.4. The van der Waals surface area contributed by atoms with Gasteiger partial charge in [0, 0.05) is 12.8 Å². The fourth-order valence-corrected chi connectivity index (χ4v) is 3.55. The molecule has 1 saturated heterocycles. The molecule has 0 spiro atoms. The van der Waals surface area contributed by atoms with Crippen molar-refractivity contribution in [2.75, 3.05) is 11.5 Å². The van der Waals surface area contributed by atoms with Crippen molar-refractivity contribution < 1.29 is 23.9 Å². The molecule has 2 aliphatic rings. The van der Waals surface area contributed by atoms with Crippen molar-refractivity contribution in [3.05, 3.63) is 29.8 Å². The summed E-state index contributed by atoms with van der Waals surface area (Å²) in [7, 11) is 0. The van der Waals surface area contributed by atoms with Crippen LogP contribution in [-0.2, 0) is 19.1 Å². The fraction of sp³-hybridized carbons (Fsp3) is 0.450. The zero-order chi connectivity index (χ0) is 20.1. The largest absolute Gasteiger partial charge is 0.452 e. The van der Waals surface area contributed by atoms with Gasteiger partial charge in [0.25, 0.3) is 5.91 Å². The van der Waals surface area contributed by atoms with Gasteiger partial charge in [-0.05, 0) is 37.1 Å². The third-order valence-corrected chi connectivity index (χ3v) is 5.05. The van der Waals surface area contributed by atoms with Gasteiger partial charge in [-0.2, -0.15) is 5.26 Å². The molecule has 146 valence electrons. The normalized spacial score (nSPS) is 18.5. The average Bonchev–Trinajstić information content (AvgIpc) is 3.05. The lowest BCUT2D eigenvalue weighted by Crippen LogP contribution is -2.50. The Kier molecular flexibility index (Phi) is 5.73. The second-order valence-corrected chi connectivity index (χ2v) is 7.05. The van der Waals surface area contributed by atoms with Crippen molar-refractivity contribution in [1.29, 1.82) is 5.26 Å². The summed E-state index contributed by atoms with van der Waals surface area (Å²) in [6, 6.07) is 8.03. The molecule has 3 rings (SSSR count). The maximum Gasteiger partial charge on any atom is 0.338 e. The van der Waals surface area contributed by atoms with E-state index in [4.69, 9.17) is 4.74 Å². The number of nitrogens with one attached hydrogen (secondary N) is 1. The second kappa shape index (κ2) is 8.21. The van der Waals surface area contributed by atoms with E-state index in [-0.39, 0.29) is 30.2 Å². The number of nitriles is 1. The van der Waals surface area contributed by atoms with Crippen molar-refractivity contribution in [3.8, 4) is 6.07 Å². The van der Waals surface area contributed by atoms with E-state index in [2.05, 4.69) is 11.4 Å². The van der Waals surface area contributed by atoms with Gasteiger partial charge < -0.3 is 10.1 Å². The van der Waals surface area contributed by atoms with E-state index in [1.807, 2.05) is 0 Å². The van der Waals surface area contributed by atoms with Crippen LogP contribution in [0.2, 0.25) is 0 Å². The molecule has 1 saturated carbocycles. The van der Waals surface area contributed by atoms with Crippen molar-refractivity contribution >= 4 is 29.4 Å². The van der Waals surface area contributed by atoms with E-state index >= 15 is 0 Å². The summed E-state index contributed by atoms with van der Waals surface area (Å²) in [5.74, 6) is -1.76. The van der Waals surface area contributed by atoms with Crippen molar-refractivity contribution in [3.63, 3.8) is 0 Å². The van der Waals surface area contributed by atoms with Crippen LogP contribution in [0.3, 0.4) is 0 Å². The lowest BCUT2D eigenvalue weighted by molar-refractivity contribution is -0.126. The summed E-state index contributed by atoms with van der Waals surface area (Å²) in [4.78, 5) is 48.8. The number of imide groups is 1. The summed E-state index contributed by atoms with van der Waals surface area (Å²) in [5, 5.41) is 12.1. The van der Waals surface area contributed by atoms with Crippen LogP contribution < -0.4 is 10.2 Å². The Morgan fingerprint density at radius 2 is 1.68 bits per heavy atom. The highest BCUT2D eigenvalue weighted by Crippen LogP contribution is 2.27. The summed E-state index contributed by atoms with van der Waals surface area (Å²) in [6.07, 6.45) is 4.35. The van der Waals surface area contributed by atoms with E-state index in [9.17, 15) is 24.4 Å². The second-order valence-electron chi connectivity index (χ2n) is 7.05. The predicted octanol–water partition coefficient (Wildman–Crippen LogP) is 1.84. The minimum absolute atomic E-state index is 0.182. The molecule has 3 amide bonds. The van der Waals surface area contributed by atoms with Crippen LogP contribution in [-0.4, -0.2) is 35.8 Å². The molecule has 0 aromatic heterocycles. The molecule has 0 radical (unpaired) electrons. The number of amides is 3. The first-order chi connectivity index (χ1) is 13.4. The van der Waals surface area contributed by atoms with Gasteiger partial charge in [0.2, 0.25) is 11.8 Å². The number of nitrogens with zero attached hydrogens (tertiary/aromatic N) is 2. The number of rotatable bonds is 5. The molecule has 1 aliphatic heterocycles. The molecule has 1 N–H and O–H groups in total. The molecule has 8 nitrogen and oxygen atoms in total. The van der Waals surface area contributed by atoms with Crippen molar-refractivity contribution in [2.45, 2.75) is 50.5 Å². The van der Waals surface area contributed by atoms with Gasteiger partial charge in [0.1, 0.15) is 5.54 Å². The third kappa shape index (κ3) is 4.19. The summed E-state index contributed by atoms with van der Waals surface area (Å²) >= 11 is 0. The first-order valence-electron chi connectivity index (χ1n) is 9.29. The van der Waals surface area contributed by atoms with Gasteiger partial charge in [-0.15, -0.1) is 0 Å². The number of hydrogen-bond acceptors (Lipinski definition) is 6. The van der Waals surface area contributed by atoms with Crippen LogP contribution in [0.1, 0.15) is 55.3 Å². The molecule has 1 aromatic carbocycles. The smallest absolute Gasteiger partial charge is 0.338 e. The monoisotopic (exact) mass is 383 g/mol. The number of ether oxygens (including phenoxy) is 1. The number of carbonyl (C=O) groups excluding carboxylic acids is 4. The minimum Gasteiger partial charge on any atom is -0.452 e. The Morgan fingerprint density at radius 1 is 1.07 bits per heavy atom. The highest BCUT2D eigenvalue weighted by Gasteiger charge is 2.34. The average molecular weight is 383 g/mol. The van der Waals surface area contributed by atoms with Gasteiger partial charge in [-0.25, -0.2) is 4.79 Å².